The minimum Gasteiger partial charge on any atom is -0.341 e. The molecular weight excluding hydrogens is 236 g/mol. The van der Waals surface area contributed by atoms with Crippen molar-refractivity contribution in [2.45, 2.75) is 45.2 Å². The first-order valence-electron chi connectivity index (χ1n) is 7.18. The van der Waals surface area contributed by atoms with Crippen molar-refractivity contribution in [3.63, 3.8) is 0 Å². The van der Waals surface area contributed by atoms with E-state index in [-0.39, 0.29) is 5.91 Å². The molecule has 1 unspecified atom stereocenters. The van der Waals surface area contributed by atoms with Gasteiger partial charge >= 0.3 is 0 Å². The number of benzene rings is 1. The van der Waals surface area contributed by atoms with E-state index in [9.17, 15) is 4.79 Å². The molecule has 0 bridgehead atoms. The van der Waals surface area contributed by atoms with E-state index in [1.165, 1.54) is 24.0 Å². The molecule has 1 atom stereocenters. The van der Waals surface area contributed by atoms with Gasteiger partial charge in [0.15, 0.2) is 0 Å². The molecule has 0 spiro atoms. The molecule has 104 valence electrons. The number of nitrogens with zero attached hydrogens (tertiary/aromatic N) is 1. The predicted octanol–water partition coefficient (Wildman–Crippen LogP) is 2.49. The van der Waals surface area contributed by atoms with Crippen LogP contribution < -0.4 is 5.32 Å². The Morgan fingerprint density at radius 1 is 1.42 bits per heavy atom. The third-order valence-corrected chi connectivity index (χ3v) is 3.76. The van der Waals surface area contributed by atoms with Gasteiger partial charge in [-0.3, -0.25) is 4.79 Å². The van der Waals surface area contributed by atoms with Gasteiger partial charge in [-0.1, -0.05) is 36.2 Å². The Labute approximate surface area is 116 Å². The molecule has 1 N–H and O–H groups in total. The number of amides is 1. The van der Waals surface area contributed by atoms with Crippen LogP contribution in [0.25, 0.3) is 0 Å². The van der Waals surface area contributed by atoms with Crippen molar-refractivity contribution in [2.75, 3.05) is 13.6 Å². The smallest absolute Gasteiger partial charge is 0.224 e. The average molecular weight is 260 g/mol. The van der Waals surface area contributed by atoms with Crippen molar-refractivity contribution >= 4 is 5.91 Å². The first-order chi connectivity index (χ1) is 9.15. The molecule has 1 saturated heterocycles. The molecule has 1 heterocycles. The zero-order valence-corrected chi connectivity index (χ0v) is 12.0. The van der Waals surface area contributed by atoms with Gasteiger partial charge in [-0.05, 0) is 31.9 Å². The third-order valence-electron chi connectivity index (χ3n) is 3.76. The van der Waals surface area contributed by atoms with Crippen molar-refractivity contribution in [1.29, 1.82) is 0 Å². The van der Waals surface area contributed by atoms with Crippen molar-refractivity contribution in [2.24, 2.45) is 0 Å². The third kappa shape index (κ3) is 4.35. The van der Waals surface area contributed by atoms with Crippen molar-refractivity contribution in [3.05, 3.63) is 35.4 Å². The van der Waals surface area contributed by atoms with Gasteiger partial charge in [0.2, 0.25) is 5.91 Å². The molecular formula is C16H24N2O. The van der Waals surface area contributed by atoms with Crippen LogP contribution in [0.4, 0.5) is 0 Å². The summed E-state index contributed by atoms with van der Waals surface area (Å²) < 4.78 is 0. The van der Waals surface area contributed by atoms with Crippen LogP contribution in [0.5, 0.6) is 0 Å². The number of hydrogen-bond acceptors (Lipinski definition) is 2. The maximum Gasteiger partial charge on any atom is 0.224 e. The highest BCUT2D eigenvalue weighted by molar-refractivity contribution is 5.76. The Kier molecular flexibility index (Phi) is 4.97. The van der Waals surface area contributed by atoms with E-state index >= 15 is 0 Å². The summed E-state index contributed by atoms with van der Waals surface area (Å²) in [4.78, 5) is 14.0. The number of aryl methyl sites for hydroxylation is 1. The van der Waals surface area contributed by atoms with Gasteiger partial charge in [-0.15, -0.1) is 0 Å². The van der Waals surface area contributed by atoms with Crippen LogP contribution in [0.2, 0.25) is 0 Å². The lowest BCUT2D eigenvalue weighted by Gasteiger charge is -2.25. The van der Waals surface area contributed by atoms with E-state index in [0.717, 1.165) is 13.0 Å². The number of carbonyl (C=O) groups is 1. The number of hydrogen-bond donors (Lipinski definition) is 1. The zero-order chi connectivity index (χ0) is 13.7. The molecule has 1 aliphatic rings. The summed E-state index contributed by atoms with van der Waals surface area (Å²) >= 11 is 0. The molecule has 19 heavy (non-hydrogen) atoms. The molecule has 0 saturated carbocycles. The Hall–Kier alpha value is -1.35. The van der Waals surface area contributed by atoms with E-state index in [2.05, 4.69) is 30.4 Å². The second kappa shape index (κ2) is 6.71. The Morgan fingerprint density at radius 3 is 2.95 bits per heavy atom. The molecule has 1 aromatic rings. The summed E-state index contributed by atoms with van der Waals surface area (Å²) in [5, 5.41) is 3.43. The van der Waals surface area contributed by atoms with Crippen molar-refractivity contribution in [3.8, 4) is 0 Å². The first kappa shape index (κ1) is 14.1. The fourth-order valence-electron chi connectivity index (χ4n) is 2.64. The van der Waals surface area contributed by atoms with Gasteiger partial charge in [-0.25, -0.2) is 0 Å². The van der Waals surface area contributed by atoms with E-state index in [1.807, 2.05) is 18.0 Å². The fourth-order valence-corrected chi connectivity index (χ4v) is 2.64. The second-order valence-electron chi connectivity index (χ2n) is 5.59. The minimum atomic E-state index is 0.237. The van der Waals surface area contributed by atoms with Gasteiger partial charge in [-0.2, -0.15) is 0 Å². The minimum absolute atomic E-state index is 0.237. The summed E-state index contributed by atoms with van der Waals surface area (Å²) in [6.07, 6.45) is 4.24. The highest BCUT2D eigenvalue weighted by Crippen LogP contribution is 2.13. The summed E-state index contributed by atoms with van der Waals surface area (Å²) in [6.45, 7) is 3.84. The summed E-state index contributed by atoms with van der Waals surface area (Å²) in [5.41, 5.74) is 2.44. The first-order valence-corrected chi connectivity index (χ1v) is 7.18. The van der Waals surface area contributed by atoms with Crippen LogP contribution in [-0.2, 0) is 11.3 Å². The lowest BCUT2D eigenvalue weighted by Crippen LogP contribution is -2.39. The monoisotopic (exact) mass is 260 g/mol. The highest BCUT2D eigenvalue weighted by atomic mass is 16.2. The molecule has 3 nitrogen and oxygen atoms in total. The zero-order valence-electron chi connectivity index (χ0n) is 12.0. The number of nitrogens with one attached hydrogen (secondary N) is 1. The molecule has 1 aromatic carbocycles. The van der Waals surface area contributed by atoms with Gasteiger partial charge in [0.25, 0.3) is 0 Å². The van der Waals surface area contributed by atoms with E-state index in [1.54, 1.807) is 0 Å². The molecule has 2 rings (SSSR count). The fraction of sp³-hybridized carbons (Fsp3) is 0.562. The SMILES string of the molecule is Cc1cccc(CN(C)C(=O)CC2CCCCN2)c1. The van der Waals surface area contributed by atoms with Gasteiger partial charge in [0.05, 0.1) is 0 Å². The van der Waals surface area contributed by atoms with Crippen molar-refractivity contribution in [1.82, 2.24) is 10.2 Å². The van der Waals surface area contributed by atoms with E-state index < -0.39 is 0 Å². The summed E-state index contributed by atoms with van der Waals surface area (Å²) in [7, 11) is 1.90. The van der Waals surface area contributed by atoms with E-state index in [0.29, 0.717) is 19.0 Å². The van der Waals surface area contributed by atoms with Crippen LogP contribution in [-0.4, -0.2) is 30.4 Å². The average Bonchev–Trinajstić information content (AvgIpc) is 2.40. The Morgan fingerprint density at radius 2 is 2.26 bits per heavy atom. The Bertz CT molecular complexity index is 425. The second-order valence-corrected chi connectivity index (χ2v) is 5.59. The maximum atomic E-state index is 12.2. The van der Waals surface area contributed by atoms with Crippen LogP contribution in [0.15, 0.2) is 24.3 Å². The molecule has 1 aliphatic heterocycles. The molecule has 0 aromatic heterocycles. The van der Waals surface area contributed by atoms with Crippen molar-refractivity contribution < 1.29 is 4.79 Å². The van der Waals surface area contributed by atoms with Crippen LogP contribution in [0, 0.1) is 6.92 Å². The predicted molar refractivity (Wildman–Crippen MR) is 77.9 cm³/mol. The van der Waals surface area contributed by atoms with Gasteiger partial charge in [0.1, 0.15) is 0 Å². The summed E-state index contributed by atoms with van der Waals surface area (Å²) in [6, 6.07) is 8.72. The lowest BCUT2D eigenvalue weighted by molar-refractivity contribution is -0.131. The molecule has 0 aliphatic carbocycles. The van der Waals surface area contributed by atoms with Crippen LogP contribution >= 0.6 is 0 Å². The number of piperidine rings is 1. The van der Waals surface area contributed by atoms with E-state index in [4.69, 9.17) is 0 Å². The normalized spacial score (nSPS) is 19.2. The summed E-state index contributed by atoms with van der Waals surface area (Å²) in [5.74, 6) is 0.237. The Balaban J connectivity index is 1.84. The lowest BCUT2D eigenvalue weighted by atomic mass is 10.0. The number of rotatable bonds is 4. The molecule has 1 amide bonds. The highest BCUT2D eigenvalue weighted by Gasteiger charge is 2.18. The quantitative estimate of drug-likeness (QED) is 0.902. The largest absolute Gasteiger partial charge is 0.341 e. The molecule has 1 fully saturated rings. The van der Waals surface area contributed by atoms with Gasteiger partial charge < -0.3 is 10.2 Å². The number of carbonyl (C=O) groups excluding carboxylic acids is 1. The topological polar surface area (TPSA) is 32.3 Å². The molecule has 0 radical (unpaired) electrons. The standard InChI is InChI=1S/C16H24N2O/c1-13-6-5-7-14(10-13)12-18(2)16(19)11-15-8-3-4-9-17-15/h5-7,10,15,17H,3-4,8-9,11-12H2,1-2H3. The van der Waals surface area contributed by atoms with Gasteiger partial charge in [0, 0.05) is 26.1 Å². The molecule has 3 heteroatoms. The van der Waals surface area contributed by atoms with Crippen LogP contribution in [0.3, 0.4) is 0 Å². The maximum absolute atomic E-state index is 12.2. The van der Waals surface area contributed by atoms with Crippen LogP contribution in [0.1, 0.15) is 36.8 Å².